The number of benzene rings is 2. The zero-order valence-electron chi connectivity index (χ0n) is 17.1. The number of aromatic nitrogens is 2. The van der Waals surface area contributed by atoms with Gasteiger partial charge in [0.05, 0.1) is 24.2 Å². The molecule has 2 aromatic heterocycles. The van der Waals surface area contributed by atoms with Gasteiger partial charge in [0.15, 0.2) is 0 Å². The number of fused-ring (bicyclic) bond motifs is 1. The van der Waals surface area contributed by atoms with Gasteiger partial charge in [0.1, 0.15) is 15.8 Å². The van der Waals surface area contributed by atoms with Crippen LogP contribution in [-0.2, 0) is 16.6 Å². The number of imidazole rings is 1. The molecule has 0 N–H and O–H groups in total. The molecule has 6 nitrogen and oxygen atoms in total. The maximum atomic E-state index is 13.3. The minimum Gasteiger partial charge on any atom is -0.497 e. The van der Waals surface area contributed by atoms with Crippen LogP contribution >= 0.6 is 11.3 Å². The van der Waals surface area contributed by atoms with Crippen molar-refractivity contribution >= 4 is 32.4 Å². The maximum absolute atomic E-state index is 13.3. The lowest BCUT2D eigenvalue weighted by molar-refractivity contribution is 0.377. The van der Waals surface area contributed by atoms with Gasteiger partial charge in [0.25, 0.3) is 10.0 Å². The van der Waals surface area contributed by atoms with Gasteiger partial charge in [-0.1, -0.05) is 30.3 Å². The van der Waals surface area contributed by atoms with Gasteiger partial charge in [-0.15, -0.1) is 11.3 Å². The normalized spacial score (nSPS) is 17.4. The number of methoxy groups -OCH3 is 1. The van der Waals surface area contributed by atoms with Crippen LogP contribution in [-0.4, -0.2) is 35.9 Å². The molecule has 0 radical (unpaired) electrons. The zero-order chi connectivity index (χ0) is 21.4. The van der Waals surface area contributed by atoms with Crippen molar-refractivity contribution in [3.63, 3.8) is 0 Å². The Morgan fingerprint density at radius 2 is 2.00 bits per heavy atom. The summed E-state index contributed by atoms with van der Waals surface area (Å²) in [4.78, 5) is 4.91. The molecule has 2 aromatic carbocycles. The average molecular weight is 454 g/mol. The van der Waals surface area contributed by atoms with Crippen LogP contribution in [0.4, 0.5) is 0 Å². The largest absolute Gasteiger partial charge is 0.497 e. The first-order chi connectivity index (χ1) is 15.1. The Balaban J connectivity index is 1.60. The molecule has 1 aliphatic rings. The predicted octanol–water partition coefficient (Wildman–Crippen LogP) is 4.68. The molecular weight excluding hydrogens is 430 g/mol. The van der Waals surface area contributed by atoms with Gasteiger partial charge in [-0.2, -0.15) is 4.31 Å². The standard InChI is InChI=1S/C23H23N3O3S2/c1-29-18-8-4-7-17(15-18)16-25-20-10-3-2-9-19(20)24-23(25)21-11-5-13-26(21)31(27,28)22-12-6-14-30-22/h2-4,6-10,12,14-15,21H,5,11,13,16H2,1H3. The van der Waals surface area contributed by atoms with E-state index in [1.807, 2.05) is 42.5 Å². The van der Waals surface area contributed by atoms with Crippen molar-refractivity contribution in [3.8, 4) is 5.75 Å². The van der Waals surface area contributed by atoms with Crippen molar-refractivity contribution < 1.29 is 13.2 Å². The van der Waals surface area contributed by atoms with Crippen LogP contribution < -0.4 is 4.74 Å². The summed E-state index contributed by atoms with van der Waals surface area (Å²) in [5.41, 5.74) is 2.95. The van der Waals surface area contributed by atoms with Gasteiger partial charge >= 0.3 is 0 Å². The van der Waals surface area contributed by atoms with E-state index in [1.54, 1.807) is 28.9 Å². The molecule has 0 bridgehead atoms. The molecule has 1 atom stereocenters. The monoisotopic (exact) mass is 453 g/mol. The van der Waals surface area contributed by atoms with Crippen molar-refractivity contribution in [2.45, 2.75) is 29.6 Å². The second-order valence-corrected chi connectivity index (χ2v) is 10.7. The van der Waals surface area contributed by atoms with E-state index < -0.39 is 10.0 Å². The van der Waals surface area contributed by atoms with Gasteiger partial charge in [0.2, 0.25) is 0 Å². The van der Waals surface area contributed by atoms with Gasteiger partial charge < -0.3 is 9.30 Å². The summed E-state index contributed by atoms with van der Waals surface area (Å²) in [5, 5.41) is 1.80. The quantitative estimate of drug-likeness (QED) is 0.425. The lowest BCUT2D eigenvalue weighted by Crippen LogP contribution is -2.31. The molecular formula is C23H23N3O3S2. The van der Waals surface area contributed by atoms with E-state index >= 15 is 0 Å². The molecule has 5 rings (SSSR count). The highest BCUT2D eigenvalue weighted by molar-refractivity contribution is 7.91. The summed E-state index contributed by atoms with van der Waals surface area (Å²) in [6.45, 7) is 1.10. The smallest absolute Gasteiger partial charge is 0.253 e. The fourth-order valence-corrected chi connectivity index (χ4v) is 7.05. The topological polar surface area (TPSA) is 64.4 Å². The fourth-order valence-electron chi connectivity index (χ4n) is 4.28. The number of thiophene rings is 1. The minimum atomic E-state index is -3.55. The summed E-state index contributed by atoms with van der Waals surface area (Å²) in [6.07, 6.45) is 1.57. The number of hydrogen-bond donors (Lipinski definition) is 0. The van der Waals surface area contributed by atoms with Crippen molar-refractivity contribution in [2.24, 2.45) is 0 Å². The molecule has 1 unspecified atom stereocenters. The Kier molecular flexibility index (Phi) is 5.29. The third kappa shape index (κ3) is 3.64. The minimum absolute atomic E-state index is 0.287. The first-order valence-corrected chi connectivity index (χ1v) is 12.5. The second kappa shape index (κ2) is 8.11. The van der Waals surface area contributed by atoms with Crippen LogP contribution in [0.1, 0.15) is 30.3 Å². The van der Waals surface area contributed by atoms with E-state index in [2.05, 4.69) is 10.6 Å². The summed E-state index contributed by atoms with van der Waals surface area (Å²) >= 11 is 1.26. The van der Waals surface area contributed by atoms with Crippen molar-refractivity contribution in [3.05, 3.63) is 77.4 Å². The molecule has 31 heavy (non-hydrogen) atoms. The molecule has 160 valence electrons. The first kappa shape index (κ1) is 20.2. The number of ether oxygens (including phenoxy) is 1. The Labute approximate surface area is 185 Å². The van der Waals surface area contributed by atoms with Crippen LogP contribution in [0.5, 0.6) is 5.75 Å². The predicted molar refractivity (Wildman–Crippen MR) is 122 cm³/mol. The van der Waals surface area contributed by atoms with Crippen molar-refractivity contribution in [1.29, 1.82) is 0 Å². The highest BCUT2D eigenvalue weighted by Crippen LogP contribution is 2.38. The molecule has 0 amide bonds. The Morgan fingerprint density at radius 3 is 2.81 bits per heavy atom. The molecule has 1 saturated heterocycles. The van der Waals surface area contributed by atoms with Crippen LogP contribution in [0, 0.1) is 0 Å². The average Bonchev–Trinajstić information content (AvgIpc) is 3.54. The number of rotatable bonds is 6. The van der Waals surface area contributed by atoms with E-state index in [0.717, 1.165) is 41.0 Å². The molecule has 3 heterocycles. The SMILES string of the molecule is COc1cccc(Cn2c(C3CCCN3S(=O)(=O)c3cccs3)nc3ccccc32)c1. The molecule has 1 aliphatic heterocycles. The van der Waals surface area contributed by atoms with Crippen LogP contribution in [0.2, 0.25) is 0 Å². The number of sulfonamides is 1. The van der Waals surface area contributed by atoms with E-state index in [-0.39, 0.29) is 6.04 Å². The third-order valence-corrected chi connectivity index (χ3v) is 9.00. The Morgan fingerprint density at radius 1 is 1.13 bits per heavy atom. The van der Waals surface area contributed by atoms with Crippen molar-refractivity contribution in [2.75, 3.05) is 13.7 Å². The molecule has 8 heteroatoms. The van der Waals surface area contributed by atoms with Gasteiger partial charge in [0, 0.05) is 13.1 Å². The van der Waals surface area contributed by atoms with E-state index in [9.17, 15) is 8.42 Å². The lowest BCUT2D eigenvalue weighted by Gasteiger charge is -2.24. The number of nitrogens with zero attached hydrogens (tertiary/aromatic N) is 3. The van der Waals surface area contributed by atoms with E-state index in [0.29, 0.717) is 17.3 Å². The van der Waals surface area contributed by atoms with Crippen molar-refractivity contribution in [1.82, 2.24) is 13.9 Å². The summed E-state index contributed by atoms with van der Waals surface area (Å²) in [7, 11) is -1.90. The fraction of sp³-hybridized carbons (Fsp3) is 0.261. The van der Waals surface area contributed by atoms with Crippen LogP contribution in [0.25, 0.3) is 11.0 Å². The van der Waals surface area contributed by atoms with Crippen LogP contribution in [0.3, 0.4) is 0 Å². The number of para-hydroxylation sites is 2. The number of hydrogen-bond acceptors (Lipinski definition) is 5. The third-order valence-electron chi connectivity index (χ3n) is 5.72. The lowest BCUT2D eigenvalue weighted by atomic mass is 10.2. The Hall–Kier alpha value is -2.68. The van der Waals surface area contributed by atoms with Crippen LogP contribution in [0.15, 0.2) is 70.3 Å². The van der Waals surface area contributed by atoms with Gasteiger partial charge in [-0.25, -0.2) is 13.4 Å². The summed E-state index contributed by atoms with van der Waals surface area (Å²) in [5.74, 6) is 1.59. The molecule has 0 spiro atoms. The molecule has 0 saturated carbocycles. The first-order valence-electron chi connectivity index (χ1n) is 10.2. The zero-order valence-corrected chi connectivity index (χ0v) is 18.8. The molecule has 4 aromatic rings. The maximum Gasteiger partial charge on any atom is 0.253 e. The highest BCUT2D eigenvalue weighted by atomic mass is 32.2. The summed E-state index contributed by atoms with van der Waals surface area (Å²) in [6, 6.07) is 19.1. The van der Waals surface area contributed by atoms with Gasteiger partial charge in [-0.05, 0) is 54.1 Å². The molecule has 1 fully saturated rings. The van der Waals surface area contributed by atoms with E-state index in [4.69, 9.17) is 9.72 Å². The highest BCUT2D eigenvalue weighted by Gasteiger charge is 2.39. The second-order valence-electron chi connectivity index (χ2n) is 7.60. The van der Waals surface area contributed by atoms with E-state index in [1.165, 1.54) is 11.3 Å². The molecule has 0 aliphatic carbocycles. The van der Waals surface area contributed by atoms with Gasteiger partial charge in [-0.3, -0.25) is 0 Å². The Bertz CT molecular complexity index is 1310. The summed E-state index contributed by atoms with van der Waals surface area (Å²) < 4.78 is 36.2.